The molecule has 33 heavy (non-hydrogen) atoms. The summed E-state index contributed by atoms with van der Waals surface area (Å²) in [5.41, 5.74) is 8.79. The molecular weight excluding hydrogens is 422 g/mol. The molecule has 5 rings (SSSR count). The molecule has 0 radical (unpaired) electrons. The molecule has 5 nitrogen and oxygen atoms in total. The van der Waals surface area contributed by atoms with E-state index in [4.69, 9.17) is 10.7 Å². The molecule has 0 spiro atoms. The van der Waals surface area contributed by atoms with Crippen molar-refractivity contribution in [3.8, 4) is 11.3 Å². The third kappa shape index (κ3) is 4.05. The molecule has 1 atom stereocenters. The summed E-state index contributed by atoms with van der Waals surface area (Å²) in [7, 11) is 0. The molecule has 1 aliphatic rings. The van der Waals surface area contributed by atoms with Crippen LogP contribution >= 0.6 is 0 Å². The van der Waals surface area contributed by atoms with Crippen LogP contribution in [0.1, 0.15) is 21.6 Å². The molecule has 0 amide bonds. The fourth-order valence-corrected chi connectivity index (χ4v) is 4.06. The van der Waals surface area contributed by atoms with Crippen LogP contribution in [0.3, 0.4) is 0 Å². The monoisotopic (exact) mass is 443 g/mol. The third-order valence-corrected chi connectivity index (χ3v) is 5.74. The molecule has 4 aromatic rings. The molecule has 0 saturated heterocycles. The van der Waals surface area contributed by atoms with Gasteiger partial charge < -0.3 is 5.73 Å². The van der Waals surface area contributed by atoms with Crippen LogP contribution in [0, 0.1) is 11.6 Å². The van der Waals surface area contributed by atoms with Gasteiger partial charge in [-0.25, -0.2) is 18.6 Å². The van der Waals surface area contributed by atoms with Crippen molar-refractivity contribution in [3.05, 3.63) is 107 Å². The predicted octanol–water partition coefficient (Wildman–Crippen LogP) is 4.16. The van der Waals surface area contributed by atoms with Crippen LogP contribution < -0.4 is 15.6 Å². The van der Waals surface area contributed by atoms with Gasteiger partial charge in [-0.05, 0) is 35.4 Å². The standard InChI is InChI=1S/C26H20F2N4O/c27-18-11-9-17(10-12-18)14-22-26(33)32-15-23(19-7-4-8-20(29)24(19)28)30-21(25(32)31-22)13-16-5-2-1-3-6-16/h1-12,15,22H,13-14,29H2/p+1. The summed E-state index contributed by atoms with van der Waals surface area (Å²) in [6, 6.07) is 20.0. The van der Waals surface area contributed by atoms with Gasteiger partial charge in [0, 0.05) is 18.4 Å². The predicted molar refractivity (Wildman–Crippen MR) is 122 cm³/mol. The summed E-state index contributed by atoms with van der Waals surface area (Å²) >= 11 is 0. The van der Waals surface area contributed by atoms with E-state index in [0.717, 1.165) is 11.1 Å². The zero-order chi connectivity index (χ0) is 22.9. The van der Waals surface area contributed by atoms with Crippen LogP contribution in [-0.2, 0) is 12.8 Å². The highest BCUT2D eigenvalue weighted by Crippen LogP contribution is 2.28. The Labute approximate surface area is 189 Å². The first-order chi connectivity index (χ1) is 16.0. The maximum atomic E-state index is 14.8. The molecular formula is C26H21F2N4O+. The Balaban J connectivity index is 1.57. The zero-order valence-electron chi connectivity index (χ0n) is 17.6. The lowest BCUT2D eigenvalue weighted by atomic mass is 10.1. The number of carbonyl (C=O) groups excluding carboxylic acids is 1. The molecule has 7 heteroatoms. The molecule has 3 N–H and O–H groups in total. The van der Waals surface area contributed by atoms with E-state index in [-0.39, 0.29) is 23.0 Å². The van der Waals surface area contributed by atoms with E-state index < -0.39 is 11.9 Å². The van der Waals surface area contributed by atoms with Crippen LogP contribution in [-0.4, -0.2) is 16.9 Å². The minimum atomic E-state index is -0.572. The lowest BCUT2D eigenvalue weighted by Crippen LogP contribution is -2.44. The van der Waals surface area contributed by atoms with Gasteiger partial charge in [0.15, 0.2) is 11.9 Å². The number of nitrogens with two attached hydrogens (primary N) is 1. The van der Waals surface area contributed by atoms with Crippen LogP contribution in [0.25, 0.3) is 11.3 Å². The van der Waals surface area contributed by atoms with Gasteiger partial charge in [-0.2, -0.15) is 4.57 Å². The number of anilines is 2. The van der Waals surface area contributed by atoms with Crippen molar-refractivity contribution in [3.63, 3.8) is 0 Å². The van der Waals surface area contributed by atoms with Gasteiger partial charge in [-0.1, -0.05) is 48.5 Å². The summed E-state index contributed by atoms with van der Waals surface area (Å²) in [6.07, 6.45) is 2.38. The number of nitrogen functional groups attached to an aromatic ring is 1. The van der Waals surface area contributed by atoms with E-state index in [1.165, 1.54) is 22.8 Å². The Hall–Kier alpha value is -4.13. The third-order valence-electron chi connectivity index (χ3n) is 5.74. The highest BCUT2D eigenvalue weighted by atomic mass is 19.1. The topological polar surface area (TPSA) is 71.9 Å². The Bertz CT molecular complexity index is 1340. The quantitative estimate of drug-likeness (QED) is 0.359. The van der Waals surface area contributed by atoms with Crippen molar-refractivity contribution in [2.45, 2.75) is 18.9 Å². The Morgan fingerprint density at radius 3 is 2.45 bits per heavy atom. The molecule has 1 unspecified atom stereocenters. The number of hydrogen-bond donors (Lipinski definition) is 2. The van der Waals surface area contributed by atoms with Crippen LogP contribution in [0.5, 0.6) is 0 Å². The number of hydrogen-bond acceptors (Lipinski definition) is 4. The summed E-state index contributed by atoms with van der Waals surface area (Å²) < 4.78 is 29.6. The number of fused-ring (bicyclic) bond motifs is 1. The van der Waals surface area contributed by atoms with Gasteiger partial charge in [0.1, 0.15) is 23.4 Å². The molecule has 0 fully saturated rings. The minimum absolute atomic E-state index is 0.0167. The van der Waals surface area contributed by atoms with E-state index in [2.05, 4.69) is 5.32 Å². The summed E-state index contributed by atoms with van der Waals surface area (Å²) in [5.74, 6) is -0.511. The Morgan fingerprint density at radius 1 is 0.939 bits per heavy atom. The number of benzene rings is 3. The molecule has 0 saturated carbocycles. The normalized spacial score (nSPS) is 14.7. The van der Waals surface area contributed by atoms with E-state index in [1.807, 2.05) is 30.3 Å². The van der Waals surface area contributed by atoms with Gasteiger partial charge in [0.25, 0.3) is 0 Å². The molecule has 1 aliphatic heterocycles. The van der Waals surface area contributed by atoms with E-state index in [1.54, 1.807) is 30.5 Å². The first-order valence-electron chi connectivity index (χ1n) is 10.6. The molecule has 3 aromatic carbocycles. The van der Waals surface area contributed by atoms with E-state index in [0.29, 0.717) is 30.0 Å². The van der Waals surface area contributed by atoms with Crippen LogP contribution in [0.2, 0.25) is 0 Å². The van der Waals surface area contributed by atoms with E-state index >= 15 is 0 Å². The maximum absolute atomic E-state index is 14.8. The number of rotatable bonds is 5. The van der Waals surface area contributed by atoms with Gasteiger partial charge >= 0.3 is 11.7 Å². The second-order valence-electron chi connectivity index (χ2n) is 8.03. The Kier molecular flexibility index (Phi) is 5.30. The largest absolute Gasteiger partial charge is 0.396 e. The van der Waals surface area contributed by atoms with Gasteiger partial charge in [-0.3, -0.25) is 5.32 Å². The highest BCUT2D eigenvalue weighted by molar-refractivity contribution is 5.83. The Morgan fingerprint density at radius 2 is 1.70 bits per heavy atom. The second kappa shape index (κ2) is 8.43. The fraction of sp³-hybridized carbons (Fsp3) is 0.115. The molecule has 0 bridgehead atoms. The first-order valence-corrected chi connectivity index (χ1v) is 10.6. The van der Waals surface area contributed by atoms with Crippen molar-refractivity contribution >= 4 is 17.4 Å². The average Bonchev–Trinajstić information content (AvgIpc) is 3.13. The number of halogens is 2. The SMILES string of the molecule is Nc1cccc(-c2c[n+]3c(c(Cc4ccccc4)n2)NC(Cc2ccc(F)cc2)C3=O)c1F. The number of aromatic nitrogens is 2. The minimum Gasteiger partial charge on any atom is -0.396 e. The molecule has 1 aromatic heterocycles. The number of nitrogens with zero attached hydrogens (tertiary/aromatic N) is 2. The van der Waals surface area contributed by atoms with E-state index in [9.17, 15) is 13.6 Å². The van der Waals surface area contributed by atoms with Crippen molar-refractivity contribution in [2.24, 2.45) is 0 Å². The number of nitrogens with one attached hydrogen (secondary N) is 1. The van der Waals surface area contributed by atoms with Gasteiger partial charge in [0.05, 0.1) is 5.69 Å². The van der Waals surface area contributed by atoms with Crippen molar-refractivity contribution in [1.82, 2.24) is 4.98 Å². The van der Waals surface area contributed by atoms with Crippen molar-refractivity contribution in [1.29, 1.82) is 0 Å². The summed E-state index contributed by atoms with van der Waals surface area (Å²) in [5, 5.41) is 3.28. The molecule has 2 heterocycles. The first kappa shape index (κ1) is 20.8. The fourth-order valence-electron chi connectivity index (χ4n) is 4.06. The number of carbonyl (C=O) groups is 1. The van der Waals surface area contributed by atoms with Crippen LogP contribution in [0.15, 0.2) is 79.0 Å². The smallest absolute Gasteiger partial charge is 0.359 e. The average molecular weight is 443 g/mol. The lowest BCUT2D eigenvalue weighted by Gasteiger charge is -2.08. The van der Waals surface area contributed by atoms with Gasteiger partial charge in [-0.15, -0.1) is 0 Å². The van der Waals surface area contributed by atoms with Crippen molar-refractivity contribution < 1.29 is 18.1 Å². The zero-order valence-corrected chi connectivity index (χ0v) is 17.6. The molecule has 0 aliphatic carbocycles. The lowest BCUT2D eigenvalue weighted by molar-refractivity contribution is -0.552. The summed E-state index contributed by atoms with van der Waals surface area (Å²) in [4.78, 5) is 18.0. The highest BCUT2D eigenvalue weighted by Gasteiger charge is 2.41. The second-order valence-corrected chi connectivity index (χ2v) is 8.03. The molecule has 164 valence electrons. The van der Waals surface area contributed by atoms with Crippen LogP contribution in [0.4, 0.5) is 20.3 Å². The summed E-state index contributed by atoms with van der Waals surface area (Å²) in [6.45, 7) is 0. The van der Waals surface area contributed by atoms with Gasteiger partial charge in [0.2, 0.25) is 0 Å². The van der Waals surface area contributed by atoms with Crippen molar-refractivity contribution in [2.75, 3.05) is 11.1 Å². The maximum Gasteiger partial charge on any atom is 0.359 e.